The second kappa shape index (κ2) is 4.43. The zero-order chi connectivity index (χ0) is 9.84. The van der Waals surface area contributed by atoms with E-state index in [2.05, 4.69) is 10.6 Å². The number of ether oxygens (including phenoxy) is 1. The van der Waals surface area contributed by atoms with Gasteiger partial charge in [0.05, 0.1) is 12.1 Å². The van der Waals surface area contributed by atoms with Gasteiger partial charge < -0.3 is 20.3 Å². The van der Waals surface area contributed by atoms with Crippen molar-refractivity contribution in [3.05, 3.63) is 0 Å². The fourth-order valence-corrected chi connectivity index (χ4v) is 1.33. The number of urea groups is 1. The monoisotopic (exact) mass is 187 g/mol. The van der Waals surface area contributed by atoms with Crippen LogP contribution in [0.25, 0.3) is 0 Å². The second-order valence-electron chi connectivity index (χ2n) is 3.38. The molecule has 0 spiro atoms. The number of amides is 2. The Morgan fingerprint density at radius 1 is 1.54 bits per heavy atom. The van der Waals surface area contributed by atoms with Crippen molar-refractivity contribution in [2.45, 2.75) is 12.1 Å². The largest absolute Gasteiger partial charge is 0.378 e. The van der Waals surface area contributed by atoms with E-state index >= 15 is 0 Å². The van der Waals surface area contributed by atoms with Crippen molar-refractivity contribution in [1.29, 1.82) is 0 Å². The van der Waals surface area contributed by atoms with Gasteiger partial charge >= 0.3 is 6.03 Å². The number of nitrogens with zero attached hydrogens (tertiary/aromatic N) is 1. The molecule has 1 aliphatic rings. The highest BCUT2D eigenvalue weighted by Crippen LogP contribution is 2.03. The summed E-state index contributed by atoms with van der Waals surface area (Å²) >= 11 is 0. The van der Waals surface area contributed by atoms with E-state index in [1.165, 1.54) is 4.90 Å². The van der Waals surface area contributed by atoms with Crippen LogP contribution in [-0.2, 0) is 4.74 Å². The van der Waals surface area contributed by atoms with Crippen LogP contribution in [0.4, 0.5) is 4.79 Å². The second-order valence-corrected chi connectivity index (χ2v) is 3.38. The molecule has 13 heavy (non-hydrogen) atoms. The SMILES string of the molecule is CO[C@H]1CNCC1NC(=O)N(C)C. The third-order valence-electron chi connectivity index (χ3n) is 2.18. The van der Waals surface area contributed by atoms with Crippen LogP contribution in [0.2, 0.25) is 0 Å². The van der Waals surface area contributed by atoms with Crippen molar-refractivity contribution in [2.24, 2.45) is 0 Å². The van der Waals surface area contributed by atoms with Gasteiger partial charge in [-0.15, -0.1) is 0 Å². The Morgan fingerprint density at radius 3 is 2.77 bits per heavy atom. The first kappa shape index (κ1) is 10.3. The summed E-state index contributed by atoms with van der Waals surface area (Å²) in [6.45, 7) is 1.58. The van der Waals surface area contributed by atoms with Crippen LogP contribution in [0.15, 0.2) is 0 Å². The molecule has 1 saturated heterocycles. The summed E-state index contributed by atoms with van der Waals surface area (Å²) in [5.41, 5.74) is 0. The molecule has 2 N–H and O–H groups in total. The summed E-state index contributed by atoms with van der Waals surface area (Å²) in [6, 6.07) is 0.00986. The van der Waals surface area contributed by atoms with E-state index in [0.29, 0.717) is 0 Å². The van der Waals surface area contributed by atoms with Gasteiger partial charge in [-0.05, 0) is 0 Å². The minimum absolute atomic E-state index is 0.0734. The molecular formula is C8H17N3O2. The van der Waals surface area contributed by atoms with E-state index in [0.717, 1.165) is 13.1 Å². The topological polar surface area (TPSA) is 53.6 Å². The van der Waals surface area contributed by atoms with E-state index in [-0.39, 0.29) is 18.2 Å². The maximum absolute atomic E-state index is 11.3. The lowest BCUT2D eigenvalue weighted by Crippen LogP contribution is -2.47. The standard InChI is InChI=1S/C8H17N3O2/c1-11(2)8(12)10-6-4-9-5-7(6)13-3/h6-7,9H,4-5H2,1-3H3,(H,10,12)/t6?,7-/m0/s1. The maximum atomic E-state index is 11.3. The maximum Gasteiger partial charge on any atom is 0.317 e. The molecule has 1 fully saturated rings. The van der Waals surface area contributed by atoms with Crippen molar-refractivity contribution in [2.75, 3.05) is 34.3 Å². The lowest BCUT2D eigenvalue weighted by molar-refractivity contribution is 0.0966. The van der Waals surface area contributed by atoms with Gasteiger partial charge in [-0.3, -0.25) is 0 Å². The third kappa shape index (κ3) is 2.57. The number of nitrogens with one attached hydrogen (secondary N) is 2. The molecule has 0 radical (unpaired) electrons. The molecule has 2 atom stereocenters. The minimum atomic E-state index is -0.0734. The van der Waals surface area contributed by atoms with Gasteiger partial charge in [0.25, 0.3) is 0 Å². The fraction of sp³-hybridized carbons (Fsp3) is 0.875. The fourth-order valence-electron chi connectivity index (χ4n) is 1.33. The number of methoxy groups -OCH3 is 1. The minimum Gasteiger partial charge on any atom is -0.378 e. The van der Waals surface area contributed by atoms with Crippen LogP contribution in [0.1, 0.15) is 0 Å². The highest BCUT2D eigenvalue weighted by Gasteiger charge is 2.28. The van der Waals surface area contributed by atoms with Crippen LogP contribution >= 0.6 is 0 Å². The Morgan fingerprint density at radius 2 is 2.23 bits per heavy atom. The summed E-state index contributed by atoms with van der Waals surface area (Å²) < 4.78 is 5.21. The van der Waals surface area contributed by atoms with Gasteiger partial charge in [-0.2, -0.15) is 0 Å². The Kier molecular flexibility index (Phi) is 3.50. The summed E-state index contributed by atoms with van der Waals surface area (Å²) in [5.74, 6) is 0. The van der Waals surface area contributed by atoms with Gasteiger partial charge in [0.2, 0.25) is 0 Å². The van der Waals surface area contributed by atoms with E-state index in [1.54, 1.807) is 21.2 Å². The van der Waals surface area contributed by atoms with Crippen molar-refractivity contribution < 1.29 is 9.53 Å². The Balaban J connectivity index is 2.39. The van der Waals surface area contributed by atoms with Crippen LogP contribution in [0, 0.1) is 0 Å². The number of carbonyl (C=O) groups excluding carboxylic acids is 1. The van der Waals surface area contributed by atoms with Gasteiger partial charge in [0, 0.05) is 34.3 Å². The Hall–Kier alpha value is -0.810. The molecule has 0 aromatic rings. The molecule has 0 saturated carbocycles. The molecular weight excluding hydrogens is 170 g/mol. The van der Waals surface area contributed by atoms with Crippen molar-refractivity contribution >= 4 is 6.03 Å². The average molecular weight is 187 g/mol. The lowest BCUT2D eigenvalue weighted by atomic mass is 10.2. The molecule has 0 aromatic heterocycles. The highest BCUT2D eigenvalue weighted by atomic mass is 16.5. The summed E-state index contributed by atoms with van der Waals surface area (Å²) in [4.78, 5) is 12.8. The molecule has 1 heterocycles. The molecule has 1 unspecified atom stereocenters. The zero-order valence-corrected chi connectivity index (χ0v) is 8.33. The van der Waals surface area contributed by atoms with Gasteiger partial charge in [-0.1, -0.05) is 0 Å². The first-order chi connectivity index (χ1) is 6.15. The molecule has 0 aromatic carbocycles. The van der Waals surface area contributed by atoms with Crippen molar-refractivity contribution in [1.82, 2.24) is 15.5 Å². The molecule has 1 aliphatic heterocycles. The molecule has 0 bridgehead atoms. The molecule has 1 rings (SSSR count). The van der Waals surface area contributed by atoms with E-state index in [1.807, 2.05) is 0 Å². The van der Waals surface area contributed by atoms with Crippen molar-refractivity contribution in [3.63, 3.8) is 0 Å². The lowest BCUT2D eigenvalue weighted by Gasteiger charge is -2.21. The number of carbonyl (C=O) groups is 1. The highest BCUT2D eigenvalue weighted by molar-refractivity contribution is 5.74. The van der Waals surface area contributed by atoms with Crippen molar-refractivity contribution in [3.8, 4) is 0 Å². The number of rotatable bonds is 2. The molecule has 2 amide bonds. The summed E-state index contributed by atoms with van der Waals surface area (Å²) in [7, 11) is 5.10. The summed E-state index contributed by atoms with van der Waals surface area (Å²) in [5, 5.41) is 6.04. The first-order valence-corrected chi connectivity index (χ1v) is 4.36. The normalized spacial score (nSPS) is 27.3. The number of hydrogen-bond acceptors (Lipinski definition) is 3. The Bertz CT molecular complexity index is 184. The number of hydrogen-bond donors (Lipinski definition) is 2. The Labute approximate surface area is 78.4 Å². The van der Waals surface area contributed by atoms with E-state index in [9.17, 15) is 4.79 Å². The third-order valence-corrected chi connectivity index (χ3v) is 2.18. The average Bonchev–Trinajstić information content (AvgIpc) is 2.51. The van der Waals surface area contributed by atoms with Crippen LogP contribution < -0.4 is 10.6 Å². The molecule has 76 valence electrons. The predicted molar refractivity (Wildman–Crippen MR) is 49.7 cm³/mol. The molecule has 5 heteroatoms. The van der Waals surface area contributed by atoms with E-state index < -0.39 is 0 Å². The van der Waals surface area contributed by atoms with Crippen LogP contribution in [0.5, 0.6) is 0 Å². The van der Waals surface area contributed by atoms with Crippen LogP contribution in [0.3, 0.4) is 0 Å². The van der Waals surface area contributed by atoms with Crippen LogP contribution in [-0.4, -0.2) is 57.4 Å². The first-order valence-electron chi connectivity index (χ1n) is 4.36. The zero-order valence-electron chi connectivity index (χ0n) is 8.33. The van der Waals surface area contributed by atoms with Gasteiger partial charge in [0.15, 0.2) is 0 Å². The van der Waals surface area contributed by atoms with E-state index in [4.69, 9.17) is 4.74 Å². The molecule has 0 aliphatic carbocycles. The predicted octanol–water partition coefficient (Wildman–Crippen LogP) is -0.756. The van der Waals surface area contributed by atoms with Gasteiger partial charge in [0.1, 0.15) is 0 Å². The van der Waals surface area contributed by atoms with Gasteiger partial charge in [-0.25, -0.2) is 4.79 Å². The smallest absolute Gasteiger partial charge is 0.317 e. The molecule has 5 nitrogen and oxygen atoms in total. The quantitative estimate of drug-likeness (QED) is 0.598. The summed E-state index contributed by atoms with van der Waals surface area (Å²) in [6.07, 6.45) is 0.0869.